The second-order valence-corrected chi connectivity index (χ2v) is 6.11. The monoisotopic (exact) mass is 227 g/mol. The number of nitrogens with zero attached hydrogens (tertiary/aromatic N) is 1. The fourth-order valence-corrected chi connectivity index (χ4v) is 2.27. The van der Waals surface area contributed by atoms with E-state index in [9.17, 15) is 9.90 Å². The smallest absolute Gasteiger partial charge is 0.308 e. The lowest BCUT2D eigenvalue weighted by atomic mass is 9.73. The SMILES string of the molecule is CC(C)CCN1CCC(C)(C)C(C(=O)O)C1. The van der Waals surface area contributed by atoms with Crippen LogP contribution in [0.25, 0.3) is 0 Å². The number of carboxylic acid groups (broad SMARTS) is 1. The molecule has 1 atom stereocenters. The van der Waals surface area contributed by atoms with Crippen LogP contribution in [0, 0.1) is 17.3 Å². The van der Waals surface area contributed by atoms with Gasteiger partial charge in [-0.25, -0.2) is 0 Å². The molecular formula is C13H25NO2. The van der Waals surface area contributed by atoms with Crippen LogP contribution in [-0.2, 0) is 4.79 Å². The highest BCUT2D eigenvalue weighted by Gasteiger charge is 2.39. The van der Waals surface area contributed by atoms with E-state index in [1.165, 1.54) is 0 Å². The molecule has 1 heterocycles. The van der Waals surface area contributed by atoms with Crippen molar-refractivity contribution in [2.45, 2.75) is 40.5 Å². The first-order chi connectivity index (χ1) is 7.33. The maximum atomic E-state index is 11.2. The third-order valence-electron chi connectivity index (χ3n) is 3.78. The van der Waals surface area contributed by atoms with Crippen LogP contribution < -0.4 is 0 Å². The Morgan fingerprint density at radius 2 is 2.12 bits per heavy atom. The molecule has 0 aromatic heterocycles. The van der Waals surface area contributed by atoms with Crippen molar-refractivity contribution >= 4 is 5.97 Å². The summed E-state index contributed by atoms with van der Waals surface area (Å²) < 4.78 is 0. The summed E-state index contributed by atoms with van der Waals surface area (Å²) in [7, 11) is 0. The topological polar surface area (TPSA) is 40.5 Å². The molecule has 3 nitrogen and oxygen atoms in total. The highest BCUT2D eigenvalue weighted by molar-refractivity contribution is 5.71. The zero-order chi connectivity index (χ0) is 12.3. The molecule has 1 rings (SSSR count). The van der Waals surface area contributed by atoms with Gasteiger partial charge in [0, 0.05) is 6.54 Å². The molecule has 0 bridgehead atoms. The largest absolute Gasteiger partial charge is 0.481 e. The summed E-state index contributed by atoms with van der Waals surface area (Å²) in [5.74, 6) is -0.161. The zero-order valence-electron chi connectivity index (χ0n) is 11.0. The molecule has 3 heteroatoms. The number of piperidine rings is 1. The van der Waals surface area contributed by atoms with Crippen LogP contribution in [0.3, 0.4) is 0 Å². The molecule has 1 unspecified atom stereocenters. The van der Waals surface area contributed by atoms with Crippen molar-refractivity contribution < 1.29 is 9.90 Å². The summed E-state index contributed by atoms with van der Waals surface area (Å²) in [6.45, 7) is 11.4. The van der Waals surface area contributed by atoms with Crippen LogP contribution in [-0.4, -0.2) is 35.6 Å². The lowest BCUT2D eigenvalue weighted by Crippen LogP contribution is -2.48. The zero-order valence-corrected chi connectivity index (χ0v) is 11.0. The van der Waals surface area contributed by atoms with E-state index in [1.807, 2.05) is 0 Å². The fourth-order valence-electron chi connectivity index (χ4n) is 2.27. The molecule has 0 radical (unpaired) electrons. The highest BCUT2D eigenvalue weighted by Crippen LogP contribution is 2.35. The molecule has 0 spiro atoms. The van der Waals surface area contributed by atoms with Crippen molar-refractivity contribution in [2.75, 3.05) is 19.6 Å². The lowest BCUT2D eigenvalue weighted by molar-refractivity contribution is -0.149. The molecule has 0 aromatic carbocycles. The normalized spacial score (nSPS) is 25.9. The van der Waals surface area contributed by atoms with E-state index in [1.54, 1.807) is 0 Å². The first-order valence-electron chi connectivity index (χ1n) is 6.28. The van der Waals surface area contributed by atoms with Gasteiger partial charge in [0.1, 0.15) is 0 Å². The van der Waals surface area contributed by atoms with Crippen LogP contribution in [0.2, 0.25) is 0 Å². The summed E-state index contributed by atoms with van der Waals surface area (Å²) in [4.78, 5) is 13.5. The van der Waals surface area contributed by atoms with Gasteiger partial charge in [-0.15, -0.1) is 0 Å². The van der Waals surface area contributed by atoms with E-state index < -0.39 is 5.97 Å². The third-order valence-corrected chi connectivity index (χ3v) is 3.78. The van der Waals surface area contributed by atoms with Crippen molar-refractivity contribution in [3.8, 4) is 0 Å². The van der Waals surface area contributed by atoms with Crippen LogP contribution in [0.15, 0.2) is 0 Å². The third kappa shape index (κ3) is 3.48. The number of carbonyl (C=O) groups is 1. The number of carboxylic acids is 1. The van der Waals surface area contributed by atoms with E-state index >= 15 is 0 Å². The summed E-state index contributed by atoms with van der Waals surface area (Å²) in [6.07, 6.45) is 2.15. The van der Waals surface area contributed by atoms with Gasteiger partial charge in [-0.2, -0.15) is 0 Å². The molecule has 16 heavy (non-hydrogen) atoms. The Bertz CT molecular complexity index is 246. The Balaban J connectivity index is 2.53. The first kappa shape index (κ1) is 13.5. The first-order valence-corrected chi connectivity index (χ1v) is 6.28. The molecule has 1 saturated heterocycles. The maximum absolute atomic E-state index is 11.2. The van der Waals surface area contributed by atoms with Crippen LogP contribution in [0.1, 0.15) is 40.5 Å². The van der Waals surface area contributed by atoms with Crippen LogP contribution in [0.5, 0.6) is 0 Å². The average molecular weight is 227 g/mol. The van der Waals surface area contributed by atoms with Gasteiger partial charge < -0.3 is 10.0 Å². The Morgan fingerprint density at radius 3 is 2.62 bits per heavy atom. The Hall–Kier alpha value is -0.570. The van der Waals surface area contributed by atoms with Crippen LogP contribution >= 0.6 is 0 Å². The van der Waals surface area contributed by atoms with Crippen LogP contribution in [0.4, 0.5) is 0 Å². The second kappa shape index (κ2) is 5.17. The minimum Gasteiger partial charge on any atom is -0.481 e. The molecule has 94 valence electrons. The Morgan fingerprint density at radius 1 is 1.50 bits per heavy atom. The minimum absolute atomic E-state index is 0.0554. The fraction of sp³-hybridized carbons (Fsp3) is 0.923. The maximum Gasteiger partial charge on any atom is 0.308 e. The number of hydrogen-bond acceptors (Lipinski definition) is 2. The number of likely N-dealkylation sites (tertiary alicyclic amines) is 1. The van der Waals surface area contributed by atoms with Crippen molar-refractivity contribution in [3.63, 3.8) is 0 Å². The summed E-state index contributed by atoms with van der Waals surface area (Å²) >= 11 is 0. The van der Waals surface area contributed by atoms with E-state index in [0.29, 0.717) is 5.92 Å². The number of rotatable bonds is 4. The second-order valence-electron chi connectivity index (χ2n) is 6.11. The van der Waals surface area contributed by atoms with Crippen molar-refractivity contribution in [1.82, 2.24) is 4.90 Å². The highest BCUT2D eigenvalue weighted by atomic mass is 16.4. The number of hydrogen-bond donors (Lipinski definition) is 1. The lowest BCUT2D eigenvalue weighted by Gasteiger charge is -2.42. The molecular weight excluding hydrogens is 202 g/mol. The molecule has 0 aliphatic carbocycles. The van der Waals surface area contributed by atoms with Gasteiger partial charge in [-0.05, 0) is 37.3 Å². The molecule has 1 fully saturated rings. The van der Waals surface area contributed by atoms with E-state index in [-0.39, 0.29) is 11.3 Å². The molecule has 0 saturated carbocycles. The summed E-state index contributed by atoms with van der Waals surface area (Å²) in [5.41, 5.74) is -0.0554. The number of aliphatic carboxylic acids is 1. The van der Waals surface area contributed by atoms with Gasteiger partial charge in [0.05, 0.1) is 5.92 Å². The molecule has 1 aliphatic heterocycles. The van der Waals surface area contributed by atoms with Gasteiger partial charge in [0.2, 0.25) is 0 Å². The average Bonchev–Trinajstić information content (AvgIpc) is 2.15. The van der Waals surface area contributed by atoms with E-state index in [0.717, 1.165) is 32.5 Å². The van der Waals surface area contributed by atoms with Gasteiger partial charge in [-0.3, -0.25) is 4.79 Å². The predicted molar refractivity (Wildman–Crippen MR) is 65.4 cm³/mol. The van der Waals surface area contributed by atoms with Crippen molar-refractivity contribution in [3.05, 3.63) is 0 Å². The molecule has 0 aromatic rings. The summed E-state index contributed by atoms with van der Waals surface area (Å²) in [6, 6.07) is 0. The minimum atomic E-state index is -0.640. The predicted octanol–water partition coefficient (Wildman–Crippen LogP) is 2.47. The quantitative estimate of drug-likeness (QED) is 0.802. The van der Waals surface area contributed by atoms with E-state index in [2.05, 4.69) is 32.6 Å². The van der Waals surface area contributed by atoms with Gasteiger partial charge in [0.25, 0.3) is 0 Å². The van der Waals surface area contributed by atoms with Gasteiger partial charge >= 0.3 is 5.97 Å². The molecule has 1 N–H and O–H groups in total. The van der Waals surface area contributed by atoms with Crippen molar-refractivity contribution in [2.24, 2.45) is 17.3 Å². The molecule has 1 aliphatic rings. The van der Waals surface area contributed by atoms with Crippen molar-refractivity contribution in [1.29, 1.82) is 0 Å². The Labute approximate surface area is 98.8 Å². The van der Waals surface area contributed by atoms with Gasteiger partial charge in [-0.1, -0.05) is 27.7 Å². The Kier molecular flexibility index (Phi) is 4.36. The standard InChI is InChI=1S/C13H25NO2/c1-10(2)5-7-14-8-6-13(3,4)11(9-14)12(15)16/h10-11H,5-9H2,1-4H3,(H,15,16). The molecule has 0 amide bonds. The summed E-state index contributed by atoms with van der Waals surface area (Å²) in [5, 5.41) is 9.24. The van der Waals surface area contributed by atoms with E-state index in [4.69, 9.17) is 0 Å². The van der Waals surface area contributed by atoms with Gasteiger partial charge in [0.15, 0.2) is 0 Å².